The summed E-state index contributed by atoms with van der Waals surface area (Å²) in [6.45, 7) is 11.1. The number of aryl methyl sites for hydroxylation is 1. The summed E-state index contributed by atoms with van der Waals surface area (Å²) >= 11 is 6.54. The molecule has 0 aliphatic heterocycles. The van der Waals surface area contributed by atoms with Crippen LogP contribution < -0.4 is 5.56 Å². The molecule has 3 aromatic heterocycles. The molecule has 0 spiro atoms. The van der Waals surface area contributed by atoms with Crippen molar-refractivity contribution in [2.45, 2.75) is 46.8 Å². The van der Waals surface area contributed by atoms with E-state index in [1.807, 2.05) is 19.9 Å². The molecule has 6 nitrogen and oxygen atoms in total. The standard InChI is InChI=1S/C19H22N4O2S2/c1-5-7-22-12(3)9-14(13(22)4)15(24)10-21-11-20-17-16(18(21)25)27-19(26)23(17)8-6-2/h6,9,11H,2,5,7-8,10H2,1,3-4H3. The van der Waals surface area contributed by atoms with Gasteiger partial charge in [0.25, 0.3) is 5.56 Å². The molecule has 8 heteroatoms. The molecule has 0 fully saturated rings. The fourth-order valence-corrected chi connectivity index (χ4v) is 4.58. The molecule has 0 N–H and O–H groups in total. The van der Waals surface area contributed by atoms with E-state index < -0.39 is 0 Å². The molecule has 0 aromatic carbocycles. The van der Waals surface area contributed by atoms with E-state index in [1.54, 1.807) is 10.6 Å². The lowest BCUT2D eigenvalue weighted by Gasteiger charge is -2.08. The van der Waals surface area contributed by atoms with Crippen LogP contribution in [0, 0.1) is 17.8 Å². The molecule has 0 saturated carbocycles. The number of hydrogen-bond donors (Lipinski definition) is 0. The summed E-state index contributed by atoms with van der Waals surface area (Å²) in [7, 11) is 0. The van der Waals surface area contributed by atoms with Gasteiger partial charge in [0.1, 0.15) is 11.0 Å². The van der Waals surface area contributed by atoms with Crippen LogP contribution in [0.4, 0.5) is 0 Å². The number of aromatic nitrogens is 4. The van der Waals surface area contributed by atoms with Gasteiger partial charge in [0.2, 0.25) is 0 Å². The molecule has 0 aliphatic rings. The topological polar surface area (TPSA) is 61.8 Å². The Kier molecular flexibility index (Phi) is 5.57. The molecule has 0 atom stereocenters. The second-order valence-corrected chi connectivity index (χ2v) is 8.10. The summed E-state index contributed by atoms with van der Waals surface area (Å²) < 4.78 is 6.31. The Hall–Kier alpha value is -2.32. The first-order valence-electron chi connectivity index (χ1n) is 8.78. The van der Waals surface area contributed by atoms with Crippen molar-refractivity contribution < 1.29 is 4.79 Å². The highest BCUT2D eigenvalue weighted by Gasteiger charge is 2.18. The van der Waals surface area contributed by atoms with Gasteiger partial charge in [0.15, 0.2) is 15.4 Å². The highest BCUT2D eigenvalue weighted by Crippen LogP contribution is 2.19. The lowest BCUT2D eigenvalue weighted by Crippen LogP contribution is -2.24. The first-order valence-corrected chi connectivity index (χ1v) is 10.0. The molecule has 0 amide bonds. The van der Waals surface area contributed by atoms with Crippen LogP contribution in [0.2, 0.25) is 0 Å². The van der Waals surface area contributed by atoms with Gasteiger partial charge in [0, 0.05) is 30.0 Å². The maximum atomic E-state index is 12.8. The van der Waals surface area contributed by atoms with Crippen LogP contribution in [0.25, 0.3) is 10.3 Å². The molecule has 0 unspecified atom stereocenters. The number of fused-ring (bicyclic) bond motifs is 1. The van der Waals surface area contributed by atoms with Crippen molar-refractivity contribution in [1.29, 1.82) is 0 Å². The van der Waals surface area contributed by atoms with Crippen molar-refractivity contribution in [3.8, 4) is 0 Å². The lowest BCUT2D eigenvalue weighted by molar-refractivity contribution is 0.0970. The lowest BCUT2D eigenvalue weighted by atomic mass is 10.1. The fraction of sp³-hybridized carbons (Fsp3) is 0.368. The van der Waals surface area contributed by atoms with Gasteiger partial charge < -0.3 is 9.13 Å². The summed E-state index contributed by atoms with van der Waals surface area (Å²) in [5.41, 5.74) is 2.95. The highest BCUT2D eigenvalue weighted by atomic mass is 32.1. The molecule has 0 aliphatic carbocycles. The third-order valence-corrected chi connectivity index (χ3v) is 6.02. The van der Waals surface area contributed by atoms with E-state index in [-0.39, 0.29) is 17.9 Å². The van der Waals surface area contributed by atoms with Gasteiger partial charge >= 0.3 is 0 Å². The molecule has 27 heavy (non-hydrogen) atoms. The van der Waals surface area contributed by atoms with E-state index in [1.165, 1.54) is 22.2 Å². The smallest absolute Gasteiger partial charge is 0.273 e. The number of Topliss-reactive ketones (excluding diaryl/α,β-unsaturated/α-hetero) is 1. The number of nitrogens with zero attached hydrogens (tertiary/aromatic N) is 4. The summed E-state index contributed by atoms with van der Waals surface area (Å²) in [5, 5.41) is 0. The SMILES string of the molecule is C=CCn1c(=S)sc2c(=O)n(CC(=O)c3cc(C)n(CCC)c3C)cnc21. The van der Waals surface area contributed by atoms with Crippen molar-refractivity contribution in [3.63, 3.8) is 0 Å². The van der Waals surface area contributed by atoms with E-state index in [2.05, 4.69) is 23.1 Å². The van der Waals surface area contributed by atoms with Gasteiger partial charge in [-0.05, 0) is 38.6 Å². The van der Waals surface area contributed by atoms with Crippen LogP contribution in [0.5, 0.6) is 0 Å². The Balaban J connectivity index is 1.98. The number of allylic oxidation sites excluding steroid dienone is 1. The first kappa shape index (κ1) is 19.4. The molecule has 3 aromatic rings. The summed E-state index contributed by atoms with van der Waals surface area (Å²) in [6, 6.07) is 1.90. The molecule has 0 bridgehead atoms. The molecule has 3 heterocycles. The number of rotatable bonds is 7. The average molecular weight is 403 g/mol. The monoisotopic (exact) mass is 402 g/mol. The van der Waals surface area contributed by atoms with E-state index in [0.29, 0.717) is 26.4 Å². The number of thiazole rings is 1. The molecule has 0 radical (unpaired) electrons. The zero-order valence-corrected chi connectivity index (χ0v) is 17.3. The van der Waals surface area contributed by atoms with Crippen molar-refractivity contribution in [2.75, 3.05) is 0 Å². The molecular weight excluding hydrogens is 380 g/mol. The van der Waals surface area contributed by atoms with Gasteiger partial charge in [0.05, 0.1) is 6.54 Å². The van der Waals surface area contributed by atoms with Crippen LogP contribution in [0.15, 0.2) is 29.8 Å². The van der Waals surface area contributed by atoms with Gasteiger partial charge in [-0.3, -0.25) is 14.2 Å². The maximum Gasteiger partial charge on any atom is 0.273 e. The number of carbonyl (C=O) groups excluding carboxylic acids is 1. The van der Waals surface area contributed by atoms with Crippen molar-refractivity contribution >= 4 is 39.7 Å². The number of hydrogen-bond acceptors (Lipinski definition) is 5. The minimum atomic E-state index is -0.241. The van der Waals surface area contributed by atoms with E-state index >= 15 is 0 Å². The summed E-state index contributed by atoms with van der Waals surface area (Å²) in [4.78, 5) is 30.0. The third kappa shape index (κ3) is 3.46. The van der Waals surface area contributed by atoms with Gasteiger partial charge in [-0.25, -0.2) is 4.98 Å². The fourth-order valence-electron chi connectivity index (χ4n) is 3.27. The van der Waals surface area contributed by atoms with Gasteiger partial charge in [-0.2, -0.15) is 0 Å². The van der Waals surface area contributed by atoms with Crippen LogP contribution >= 0.6 is 23.6 Å². The predicted molar refractivity (Wildman–Crippen MR) is 111 cm³/mol. The average Bonchev–Trinajstić information content (AvgIpc) is 3.10. The zero-order valence-electron chi connectivity index (χ0n) is 15.7. The Morgan fingerprint density at radius 1 is 1.37 bits per heavy atom. The number of ketones is 1. The predicted octanol–water partition coefficient (Wildman–Crippen LogP) is 3.89. The van der Waals surface area contributed by atoms with Crippen LogP contribution in [0.1, 0.15) is 35.1 Å². The van der Waals surface area contributed by atoms with Crippen molar-refractivity contribution in [1.82, 2.24) is 18.7 Å². The molecule has 0 saturated heterocycles. The third-order valence-electron chi connectivity index (χ3n) is 4.59. The van der Waals surface area contributed by atoms with Crippen LogP contribution in [0.3, 0.4) is 0 Å². The van der Waals surface area contributed by atoms with Crippen LogP contribution in [-0.2, 0) is 19.6 Å². The highest BCUT2D eigenvalue weighted by molar-refractivity contribution is 7.73. The largest absolute Gasteiger partial charge is 0.348 e. The second kappa shape index (κ2) is 7.74. The number of carbonyl (C=O) groups is 1. The van der Waals surface area contributed by atoms with Crippen molar-refractivity contribution in [3.05, 3.63) is 56.3 Å². The van der Waals surface area contributed by atoms with Gasteiger partial charge in [-0.15, -0.1) is 6.58 Å². The Labute approximate surface area is 166 Å². The van der Waals surface area contributed by atoms with Gasteiger partial charge in [-0.1, -0.05) is 24.3 Å². The minimum Gasteiger partial charge on any atom is -0.348 e. The Bertz CT molecular complexity index is 1150. The van der Waals surface area contributed by atoms with E-state index in [0.717, 1.165) is 24.4 Å². The molecule has 142 valence electrons. The maximum absolute atomic E-state index is 12.8. The molecule has 3 rings (SSSR count). The van der Waals surface area contributed by atoms with E-state index in [4.69, 9.17) is 12.2 Å². The Morgan fingerprint density at radius 2 is 2.11 bits per heavy atom. The zero-order chi connectivity index (χ0) is 19.7. The minimum absolute atomic E-state index is 0.0374. The second-order valence-electron chi connectivity index (χ2n) is 6.46. The van der Waals surface area contributed by atoms with Crippen molar-refractivity contribution in [2.24, 2.45) is 0 Å². The summed E-state index contributed by atoms with van der Waals surface area (Å²) in [6.07, 6.45) is 4.14. The molecular formula is C19H22N4O2S2. The summed E-state index contributed by atoms with van der Waals surface area (Å²) in [5.74, 6) is -0.0946. The quantitative estimate of drug-likeness (QED) is 0.342. The Morgan fingerprint density at radius 3 is 2.78 bits per heavy atom. The van der Waals surface area contributed by atoms with Crippen LogP contribution in [-0.4, -0.2) is 24.5 Å². The first-order chi connectivity index (χ1) is 12.9. The normalized spacial score (nSPS) is 11.2. The van der Waals surface area contributed by atoms with E-state index in [9.17, 15) is 9.59 Å².